The van der Waals surface area contributed by atoms with Crippen LogP contribution in [0.25, 0.3) is 0 Å². The fourth-order valence-corrected chi connectivity index (χ4v) is 7.94. The molecular formula is C15H20O5S2. The number of esters is 2. The van der Waals surface area contributed by atoms with Crippen molar-refractivity contribution in [3.8, 4) is 0 Å². The van der Waals surface area contributed by atoms with E-state index in [0.717, 1.165) is 17.9 Å². The van der Waals surface area contributed by atoms with Gasteiger partial charge in [-0.05, 0) is 25.2 Å². The van der Waals surface area contributed by atoms with Gasteiger partial charge in [0.1, 0.15) is 11.7 Å². The van der Waals surface area contributed by atoms with Crippen LogP contribution < -0.4 is 0 Å². The smallest absolute Gasteiger partial charge is 0.316 e. The predicted octanol–water partition coefficient (Wildman–Crippen LogP) is 1.74. The summed E-state index contributed by atoms with van der Waals surface area (Å²) in [5.41, 5.74) is 0. The van der Waals surface area contributed by atoms with Crippen molar-refractivity contribution in [1.29, 1.82) is 0 Å². The molecular weight excluding hydrogens is 324 g/mol. The fraction of sp³-hybridized carbons (Fsp3) is 0.800. The average Bonchev–Trinajstić information content (AvgIpc) is 3.02. The van der Waals surface area contributed by atoms with E-state index in [2.05, 4.69) is 0 Å². The van der Waals surface area contributed by atoms with E-state index in [-0.39, 0.29) is 33.6 Å². The van der Waals surface area contributed by atoms with Crippen LogP contribution in [0.4, 0.5) is 0 Å². The Morgan fingerprint density at radius 1 is 1.05 bits per heavy atom. The monoisotopic (exact) mass is 344 g/mol. The summed E-state index contributed by atoms with van der Waals surface area (Å²) in [6, 6.07) is 0. The van der Waals surface area contributed by atoms with E-state index in [1.807, 2.05) is 23.5 Å². The molecule has 22 heavy (non-hydrogen) atoms. The van der Waals surface area contributed by atoms with Crippen molar-refractivity contribution in [2.75, 3.05) is 25.7 Å². The second-order valence-electron chi connectivity index (χ2n) is 6.07. The molecule has 1 saturated heterocycles. The molecule has 0 aromatic carbocycles. The molecule has 3 aliphatic rings. The SMILES string of the molecule is COC(=O)[C@@H]1C[C@@H]2C[C@@H](C[C@H](C(=O)OC)C23SCCS3)C1=O. The summed E-state index contributed by atoms with van der Waals surface area (Å²) in [6.45, 7) is 0. The first kappa shape index (κ1) is 16.2. The number of carbonyl (C=O) groups excluding carboxylic acids is 3. The van der Waals surface area contributed by atoms with Gasteiger partial charge in [0.2, 0.25) is 0 Å². The maximum atomic E-state index is 12.5. The third-order valence-electron chi connectivity index (χ3n) is 5.12. The highest BCUT2D eigenvalue weighted by Gasteiger charge is 2.60. The van der Waals surface area contributed by atoms with Crippen LogP contribution in [0.1, 0.15) is 19.3 Å². The Bertz CT molecular complexity index is 500. The normalized spacial score (nSPS) is 36.2. The average molecular weight is 344 g/mol. The molecule has 2 aliphatic carbocycles. The van der Waals surface area contributed by atoms with Crippen LogP contribution in [0, 0.1) is 23.7 Å². The number of ketones is 1. The highest BCUT2D eigenvalue weighted by atomic mass is 32.2. The lowest BCUT2D eigenvalue weighted by Crippen LogP contribution is -2.54. The molecule has 0 aromatic heterocycles. The zero-order valence-corrected chi connectivity index (χ0v) is 14.3. The standard InChI is InChI=1S/C15H20O5S2/c1-19-13(17)10-7-9-5-8(12(10)16)6-11(14(18)20-2)15(9)21-3-4-22-15/h8-11H,3-7H2,1-2H3/t8-,9-,10+,11+/m0/s1. The van der Waals surface area contributed by atoms with Gasteiger partial charge in [-0.15, -0.1) is 23.5 Å². The highest BCUT2D eigenvalue weighted by Crippen LogP contribution is 2.63. The van der Waals surface area contributed by atoms with Gasteiger partial charge in [0, 0.05) is 17.4 Å². The maximum Gasteiger partial charge on any atom is 0.316 e. The maximum absolute atomic E-state index is 12.5. The van der Waals surface area contributed by atoms with E-state index in [1.165, 1.54) is 14.2 Å². The minimum absolute atomic E-state index is 0.0557. The third-order valence-corrected chi connectivity index (χ3v) is 9.04. The lowest BCUT2D eigenvalue weighted by atomic mass is 9.63. The molecule has 0 radical (unpaired) electrons. The number of rotatable bonds is 2. The minimum Gasteiger partial charge on any atom is -0.469 e. The summed E-state index contributed by atoms with van der Waals surface area (Å²) in [5, 5.41) is 0. The van der Waals surface area contributed by atoms with E-state index in [4.69, 9.17) is 9.47 Å². The van der Waals surface area contributed by atoms with Crippen LogP contribution in [0.5, 0.6) is 0 Å². The summed E-state index contributed by atoms with van der Waals surface area (Å²) >= 11 is 3.61. The van der Waals surface area contributed by atoms with Crippen molar-refractivity contribution < 1.29 is 23.9 Å². The van der Waals surface area contributed by atoms with E-state index < -0.39 is 11.9 Å². The lowest BCUT2D eigenvalue weighted by molar-refractivity contribution is -0.157. The van der Waals surface area contributed by atoms with Crippen molar-refractivity contribution in [3.05, 3.63) is 0 Å². The van der Waals surface area contributed by atoms with Crippen molar-refractivity contribution in [1.82, 2.24) is 0 Å². The van der Waals surface area contributed by atoms with Crippen LogP contribution in [0.3, 0.4) is 0 Å². The summed E-state index contributed by atoms with van der Waals surface area (Å²) in [7, 11) is 2.73. The third kappa shape index (κ3) is 2.37. The molecule has 3 fully saturated rings. The Morgan fingerprint density at radius 2 is 1.68 bits per heavy atom. The van der Waals surface area contributed by atoms with E-state index >= 15 is 0 Å². The number of thioether (sulfide) groups is 2. The van der Waals surface area contributed by atoms with Gasteiger partial charge < -0.3 is 9.47 Å². The van der Waals surface area contributed by atoms with Crippen LogP contribution in [0.15, 0.2) is 0 Å². The van der Waals surface area contributed by atoms with Gasteiger partial charge in [0.25, 0.3) is 0 Å². The predicted molar refractivity (Wildman–Crippen MR) is 84.5 cm³/mol. The Hall–Kier alpha value is -0.690. The van der Waals surface area contributed by atoms with Gasteiger partial charge >= 0.3 is 11.9 Å². The molecule has 1 aliphatic heterocycles. The van der Waals surface area contributed by atoms with Gasteiger partial charge in [-0.3, -0.25) is 14.4 Å². The van der Waals surface area contributed by atoms with Crippen molar-refractivity contribution in [2.24, 2.45) is 23.7 Å². The molecule has 2 saturated carbocycles. The van der Waals surface area contributed by atoms with Gasteiger partial charge in [0.05, 0.1) is 24.2 Å². The number of hydrogen-bond acceptors (Lipinski definition) is 7. The molecule has 2 bridgehead atoms. The van der Waals surface area contributed by atoms with Crippen molar-refractivity contribution >= 4 is 41.2 Å². The first-order valence-corrected chi connectivity index (χ1v) is 9.48. The molecule has 122 valence electrons. The molecule has 4 atom stereocenters. The Morgan fingerprint density at radius 3 is 2.27 bits per heavy atom. The largest absolute Gasteiger partial charge is 0.469 e. The Balaban J connectivity index is 1.93. The van der Waals surface area contributed by atoms with Gasteiger partial charge in [0.15, 0.2) is 0 Å². The molecule has 0 aromatic rings. The fourth-order valence-electron chi connectivity index (χ4n) is 4.15. The van der Waals surface area contributed by atoms with E-state index in [9.17, 15) is 14.4 Å². The van der Waals surface area contributed by atoms with Gasteiger partial charge in [-0.25, -0.2) is 0 Å². The van der Waals surface area contributed by atoms with Crippen LogP contribution in [0.2, 0.25) is 0 Å². The highest BCUT2D eigenvalue weighted by molar-refractivity contribution is 8.21. The Kier molecular flexibility index (Phi) is 4.47. The summed E-state index contributed by atoms with van der Waals surface area (Å²) in [4.78, 5) is 36.8. The zero-order valence-electron chi connectivity index (χ0n) is 12.7. The number of ether oxygens (including phenoxy) is 2. The van der Waals surface area contributed by atoms with Gasteiger partial charge in [-0.2, -0.15) is 0 Å². The first-order chi connectivity index (χ1) is 10.5. The van der Waals surface area contributed by atoms with Gasteiger partial charge in [-0.1, -0.05) is 0 Å². The molecule has 0 unspecified atom stereocenters. The second-order valence-corrected chi connectivity index (χ2v) is 9.08. The van der Waals surface area contributed by atoms with Crippen LogP contribution in [-0.4, -0.2) is 47.5 Å². The number of methoxy groups -OCH3 is 2. The number of carbonyl (C=O) groups is 3. The molecule has 3 rings (SSSR count). The van der Waals surface area contributed by atoms with Crippen molar-refractivity contribution in [3.63, 3.8) is 0 Å². The molecule has 5 nitrogen and oxygen atoms in total. The second kappa shape index (κ2) is 6.07. The summed E-state index contributed by atoms with van der Waals surface area (Å²) in [6.07, 6.45) is 1.77. The zero-order chi connectivity index (χ0) is 15.9. The number of fused-ring (bicyclic) bond motifs is 3. The lowest BCUT2D eigenvalue weighted by Gasteiger charge is -2.50. The number of Topliss-reactive ketones (excluding diaryl/α,β-unsaturated/α-hetero) is 1. The van der Waals surface area contributed by atoms with Crippen LogP contribution in [-0.2, 0) is 23.9 Å². The summed E-state index contributed by atoms with van der Waals surface area (Å²) < 4.78 is 9.57. The minimum atomic E-state index is -0.661. The first-order valence-electron chi connectivity index (χ1n) is 7.50. The van der Waals surface area contributed by atoms with E-state index in [0.29, 0.717) is 12.8 Å². The molecule has 1 spiro atoms. The Labute approximate surface area is 138 Å². The topological polar surface area (TPSA) is 69.7 Å². The van der Waals surface area contributed by atoms with Crippen molar-refractivity contribution in [2.45, 2.75) is 23.3 Å². The number of hydrogen-bond donors (Lipinski definition) is 0. The quantitative estimate of drug-likeness (QED) is 0.558. The molecule has 0 amide bonds. The van der Waals surface area contributed by atoms with E-state index in [1.54, 1.807) is 0 Å². The molecule has 1 heterocycles. The molecule has 7 heteroatoms. The van der Waals surface area contributed by atoms with Crippen LogP contribution >= 0.6 is 23.5 Å². The summed E-state index contributed by atoms with van der Waals surface area (Å²) in [5.74, 6) is 0.313. The molecule has 0 N–H and O–H groups in total.